The highest BCUT2D eigenvalue weighted by Gasteiger charge is 2.31. The molecule has 1 heterocycles. The van der Waals surface area contributed by atoms with Crippen molar-refractivity contribution in [2.75, 3.05) is 38.1 Å². The molecule has 0 bridgehead atoms. The predicted molar refractivity (Wildman–Crippen MR) is 117 cm³/mol. The number of anilines is 1. The third-order valence-corrected chi connectivity index (χ3v) is 6.81. The minimum Gasteiger partial charge on any atom is -0.314 e. The number of carbonyl (C=O) groups is 1. The zero-order valence-electron chi connectivity index (χ0n) is 16.8. The standard InChI is InChI=1S/C22H27N3O3S/c1-19(22(26)23(2)21-11-7-4-8-12-21)24-14-16-25(17-15-24)29(27,28)18-13-20-9-5-3-6-10-20/h3-13,18-19H,14-17H2,1-2H3/b18-13+/t19-/m0/s1. The van der Waals surface area contributed by atoms with Gasteiger partial charge in [-0.1, -0.05) is 48.5 Å². The quantitative estimate of drug-likeness (QED) is 0.731. The van der Waals surface area contributed by atoms with Gasteiger partial charge in [-0.05, 0) is 30.7 Å². The number of sulfonamides is 1. The van der Waals surface area contributed by atoms with Crippen molar-refractivity contribution in [2.24, 2.45) is 0 Å². The number of piperazine rings is 1. The topological polar surface area (TPSA) is 60.9 Å². The van der Waals surface area contributed by atoms with E-state index in [4.69, 9.17) is 0 Å². The van der Waals surface area contributed by atoms with Crippen LogP contribution in [-0.4, -0.2) is 62.8 Å². The maximum atomic E-state index is 12.8. The van der Waals surface area contributed by atoms with Crippen LogP contribution in [0.5, 0.6) is 0 Å². The summed E-state index contributed by atoms with van der Waals surface area (Å²) < 4.78 is 26.7. The Morgan fingerprint density at radius 1 is 0.966 bits per heavy atom. The lowest BCUT2D eigenvalue weighted by atomic mass is 10.2. The van der Waals surface area contributed by atoms with Crippen molar-refractivity contribution in [1.29, 1.82) is 0 Å². The Morgan fingerprint density at radius 2 is 1.52 bits per heavy atom. The molecular weight excluding hydrogens is 386 g/mol. The van der Waals surface area contributed by atoms with Gasteiger partial charge in [-0.15, -0.1) is 0 Å². The summed E-state index contributed by atoms with van der Waals surface area (Å²) in [7, 11) is -1.71. The first-order valence-corrected chi connectivity index (χ1v) is 11.2. The van der Waals surface area contributed by atoms with Crippen LogP contribution < -0.4 is 4.90 Å². The molecule has 2 aromatic rings. The Bertz CT molecular complexity index is 938. The van der Waals surface area contributed by atoms with Crippen LogP contribution in [-0.2, 0) is 14.8 Å². The summed E-state index contributed by atoms with van der Waals surface area (Å²) >= 11 is 0. The second kappa shape index (κ2) is 9.35. The van der Waals surface area contributed by atoms with E-state index in [-0.39, 0.29) is 11.9 Å². The first-order chi connectivity index (χ1) is 13.9. The number of carbonyl (C=O) groups excluding carboxylic acids is 1. The molecule has 1 saturated heterocycles. The molecule has 2 aromatic carbocycles. The lowest BCUT2D eigenvalue weighted by Gasteiger charge is -2.37. The third-order valence-electron chi connectivity index (χ3n) is 5.24. The Labute approximate surface area is 173 Å². The largest absolute Gasteiger partial charge is 0.314 e. The normalized spacial score (nSPS) is 17.3. The molecule has 3 rings (SSSR count). The molecule has 0 N–H and O–H groups in total. The van der Waals surface area contributed by atoms with Gasteiger partial charge in [-0.2, -0.15) is 4.31 Å². The highest BCUT2D eigenvalue weighted by Crippen LogP contribution is 2.17. The van der Waals surface area contributed by atoms with Gasteiger partial charge in [-0.25, -0.2) is 8.42 Å². The first kappa shape index (κ1) is 21.2. The van der Waals surface area contributed by atoms with Crippen LogP contribution in [0.2, 0.25) is 0 Å². The molecule has 1 aliphatic heterocycles. The molecular formula is C22H27N3O3S. The summed E-state index contributed by atoms with van der Waals surface area (Å²) in [5, 5.41) is 1.26. The SMILES string of the molecule is C[C@@H](C(=O)N(C)c1ccccc1)N1CCN(S(=O)(=O)/C=C/c2ccccc2)CC1. The van der Waals surface area contributed by atoms with Crippen LogP contribution in [0.3, 0.4) is 0 Å². The number of para-hydroxylation sites is 1. The smallest absolute Gasteiger partial charge is 0.243 e. The first-order valence-electron chi connectivity index (χ1n) is 9.68. The molecule has 1 atom stereocenters. The number of benzene rings is 2. The second-order valence-corrected chi connectivity index (χ2v) is 8.92. The van der Waals surface area contributed by atoms with E-state index in [1.807, 2.05) is 72.5 Å². The average molecular weight is 414 g/mol. The van der Waals surface area contributed by atoms with Gasteiger partial charge in [0.05, 0.1) is 6.04 Å². The summed E-state index contributed by atoms with van der Waals surface area (Å²) in [5.41, 5.74) is 1.69. The fourth-order valence-corrected chi connectivity index (χ4v) is 4.55. The van der Waals surface area contributed by atoms with E-state index >= 15 is 0 Å². The van der Waals surface area contributed by atoms with Crippen molar-refractivity contribution < 1.29 is 13.2 Å². The summed E-state index contributed by atoms with van der Waals surface area (Å²) in [6.07, 6.45) is 1.61. The van der Waals surface area contributed by atoms with Crippen LogP contribution >= 0.6 is 0 Å². The molecule has 0 aromatic heterocycles. The predicted octanol–water partition coefficient (Wildman–Crippen LogP) is 2.66. The lowest BCUT2D eigenvalue weighted by Crippen LogP contribution is -2.54. The highest BCUT2D eigenvalue weighted by molar-refractivity contribution is 7.92. The summed E-state index contributed by atoms with van der Waals surface area (Å²) in [5.74, 6) is -0.00326. The lowest BCUT2D eigenvalue weighted by molar-refractivity contribution is -0.123. The molecule has 1 aliphatic rings. The number of hydrogen-bond donors (Lipinski definition) is 0. The molecule has 154 valence electrons. The number of likely N-dealkylation sites (N-methyl/N-ethyl adjacent to an activating group) is 1. The van der Waals surface area contributed by atoms with Crippen molar-refractivity contribution in [3.05, 3.63) is 71.6 Å². The van der Waals surface area contributed by atoms with Crippen LogP contribution in [0.1, 0.15) is 12.5 Å². The van der Waals surface area contributed by atoms with E-state index in [0.29, 0.717) is 26.2 Å². The molecule has 7 heteroatoms. The van der Waals surface area contributed by atoms with Crippen molar-refractivity contribution >= 4 is 27.7 Å². The minimum absolute atomic E-state index is 0.00326. The summed E-state index contributed by atoms with van der Waals surface area (Å²) in [4.78, 5) is 16.5. The van der Waals surface area contributed by atoms with Gasteiger partial charge in [0, 0.05) is 44.3 Å². The van der Waals surface area contributed by atoms with Gasteiger partial charge in [0.1, 0.15) is 0 Å². The van der Waals surface area contributed by atoms with E-state index < -0.39 is 10.0 Å². The monoisotopic (exact) mass is 413 g/mol. The molecule has 0 unspecified atom stereocenters. The fraction of sp³-hybridized carbons (Fsp3) is 0.318. The van der Waals surface area contributed by atoms with Gasteiger partial charge in [0.2, 0.25) is 15.9 Å². The maximum absolute atomic E-state index is 12.8. The van der Waals surface area contributed by atoms with Gasteiger partial charge < -0.3 is 4.90 Å². The fourth-order valence-electron chi connectivity index (χ4n) is 3.38. The molecule has 0 saturated carbocycles. The number of hydrogen-bond acceptors (Lipinski definition) is 4. The van der Waals surface area contributed by atoms with Gasteiger partial charge in [0.25, 0.3) is 0 Å². The molecule has 0 spiro atoms. The Hall–Kier alpha value is -2.48. The molecule has 0 aliphatic carbocycles. The molecule has 6 nitrogen and oxygen atoms in total. The van der Waals surface area contributed by atoms with E-state index in [2.05, 4.69) is 0 Å². The van der Waals surface area contributed by atoms with Crippen LogP contribution in [0.25, 0.3) is 6.08 Å². The molecule has 29 heavy (non-hydrogen) atoms. The maximum Gasteiger partial charge on any atom is 0.243 e. The Morgan fingerprint density at radius 3 is 2.10 bits per heavy atom. The molecule has 0 radical (unpaired) electrons. The van der Waals surface area contributed by atoms with Crippen molar-refractivity contribution in [3.63, 3.8) is 0 Å². The van der Waals surface area contributed by atoms with E-state index in [1.165, 1.54) is 9.71 Å². The van der Waals surface area contributed by atoms with E-state index in [9.17, 15) is 13.2 Å². The van der Waals surface area contributed by atoms with Gasteiger partial charge in [-0.3, -0.25) is 9.69 Å². The van der Waals surface area contributed by atoms with Crippen LogP contribution in [0.4, 0.5) is 5.69 Å². The zero-order valence-corrected chi connectivity index (χ0v) is 17.6. The number of nitrogens with zero attached hydrogens (tertiary/aromatic N) is 3. The van der Waals surface area contributed by atoms with Gasteiger partial charge in [0.15, 0.2) is 0 Å². The summed E-state index contributed by atoms with van der Waals surface area (Å²) in [6, 6.07) is 18.5. The van der Waals surface area contributed by atoms with Gasteiger partial charge >= 0.3 is 0 Å². The van der Waals surface area contributed by atoms with Crippen molar-refractivity contribution in [2.45, 2.75) is 13.0 Å². The van der Waals surface area contributed by atoms with E-state index in [1.54, 1.807) is 18.0 Å². The van der Waals surface area contributed by atoms with Crippen molar-refractivity contribution in [1.82, 2.24) is 9.21 Å². The van der Waals surface area contributed by atoms with Crippen LogP contribution in [0, 0.1) is 0 Å². The van der Waals surface area contributed by atoms with E-state index in [0.717, 1.165) is 11.3 Å². The highest BCUT2D eigenvalue weighted by atomic mass is 32.2. The summed E-state index contributed by atoms with van der Waals surface area (Å²) in [6.45, 7) is 3.66. The molecule has 1 fully saturated rings. The zero-order chi connectivity index (χ0) is 20.9. The Balaban J connectivity index is 1.58. The second-order valence-electron chi connectivity index (χ2n) is 7.10. The number of amides is 1. The molecule has 1 amide bonds. The minimum atomic E-state index is -3.48. The third kappa shape index (κ3) is 5.32. The van der Waals surface area contributed by atoms with Crippen LogP contribution in [0.15, 0.2) is 66.1 Å². The Kier molecular flexibility index (Phi) is 6.84. The number of rotatable bonds is 6. The van der Waals surface area contributed by atoms with Crippen molar-refractivity contribution in [3.8, 4) is 0 Å². The average Bonchev–Trinajstić information content (AvgIpc) is 2.77.